The molecule has 0 aliphatic carbocycles. The summed E-state index contributed by atoms with van der Waals surface area (Å²) < 4.78 is 2.08. The van der Waals surface area contributed by atoms with Gasteiger partial charge in [0.2, 0.25) is 0 Å². The van der Waals surface area contributed by atoms with Crippen LogP contribution >= 0.6 is 0 Å². The normalized spacial score (nSPS) is 15.6. The second-order valence-electron chi connectivity index (χ2n) is 7.32. The third-order valence-corrected chi connectivity index (χ3v) is 4.84. The van der Waals surface area contributed by atoms with Gasteiger partial charge in [0.1, 0.15) is 6.07 Å². The maximum absolute atomic E-state index is 9.48. The van der Waals surface area contributed by atoms with E-state index in [2.05, 4.69) is 51.4 Å². The Bertz CT molecular complexity index is 748. The first kappa shape index (κ1) is 17.5. The molecule has 0 amide bonds. The lowest BCUT2D eigenvalue weighted by molar-refractivity contribution is 0.245. The standard InChI is InChI=1S/C20H27N5/c1-16(2)10-17-4-5-18(12-21)20(11-17)25-8-6-24(7-9-25)14-19-13-22-15-23(19)3/h4-5,11,13,15-16H,6-10,14H2,1-3H3. The van der Waals surface area contributed by atoms with Gasteiger partial charge < -0.3 is 9.47 Å². The first-order chi connectivity index (χ1) is 12.1. The molecule has 1 aromatic carbocycles. The molecule has 5 heteroatoms. The van der Waals surface area contributed by atoms with Gasteiger partial charge in [-0.2, -0.15) is 5.26 Å². The van der Waals surface area contributed by atoms with Gasteiger partial charge in [0.25, 0.3) is 0 Å². The second kappa shape index (κ2) is 7.71. The van der Waals surface area contributed by atoms with Gasteiger partial charge in [0.15, 0.2) is 0 Å². The van der Waals surface area contributed by atoms with Crippen LogP contribution in [0.2, 0.25) is 0 Å². The number of imidazole rings is 1. The van der Waals surface area contributed by atoms with Gasteiger partial charge in [-0.15, -0.1) is 0 Å². The van der Waals surface area contributed by atoms with Crippen molar-refractivity contribution >= 4 is 5.69 Å². The third kappa shape index (κ3) is 4.21. The van der Waals surface area contributed by atoms with E-state index in [0.29, 0.717) is 5.92 Å². The molecule has 0 spiro atoms. The van der Waals surface area contributed by atoms with Crippen LogP contribution in [0.3, 0.4) is 0 Å². The SMILES string of the molecule is CC(C)Cc1ccc(C#N)c(N2CCN(Cc3cncn3C)CC2)c1. The molecule has 1 aliphatic rings. The number of piperazine rings is 1. The molecule has 2 aromatic rings. The number of anilines is 1. The summed E-state index contributed by atoms with van der Waals surface area (Å²) in [6, 6.07) is 8.66. The average Bonchev–Trinajstić information content (AvgIpc) is 3.00. The van der Waals surface area contributed by atoms with Gasteiger partial charge >= 0.3 is 0 Å². The minimum absolute atomic E-state index is 0.622. The predicted octanol–water partition coefficient (Wildman–Crippen LogP) is 2.81. The summed E-state index contributed by atoms with van der Waals surface area (Å²) in [4.78, 5) is 9.01. The molecule has 1 aliphatic heterocycles. The Hall–Kier alpha value is -2.32. The van der Waals surface area contributed by atoms with Crippen LogP contribution in [0.4, 0.5) is 5.69 Å². The van der Waals surface area contributed by atoms with Crippen LogP contribution in [-0.4, -0.2) is 40.6 Å². The minimum atomic E-state index is 0.622. The van der Waals surface area contributed by atoms with Gasteiger partial charge in [0, 0.05) is 46.0 Å². The summed E-state index contributed by atoms with van der Waals surface area (Å²) in [6.07, 6.45) is 4.85. The van der Waals surface area contributed by atoms with E-state index in [1.807, 2.05) is 25.6 Å². The molecular weight excluding hydrogens is 310 g/mol. The van der Waals surface area contributed by atoms with Crippen molar-refractivity contribution in [1.29, 1.82) is 5.26 Å². The van der Waals surface area contributed by atoms with Gasteiger partial charge in [-0.05, 0) is 30.0 Å². The van der Waals surface area contributed by atoms with Crippen molar-refractivity contribution in [3.63, 3.8) is 0 Å². The van der Waals surface area contributed by atoms with Crippen LogP contribution in [-0.2, 0) is 20.0 Å². The highest BCUT2D eigenvalue weighted by molar-refractivity contribution is 5.61. The van der Waals surface area contributed by atoms with E-state index in [1.165, 1.54) is 11.3 Å². The maximum atomic E-state index is 9.48. The molecule has 0 atom stereocenters. The summed E-state index contributed by atoms with van der Waals surface area (Å²) in [5.74, 6) is 0.622. The first-order valence-electron chi connectivity index (χ1n) is 9.02. The summed E-state index contributed by atoms with van der Waals surface area (Å²) in [5, 5.41) is 9.48. The molecule has 1 saturated heterocycles. The lowest BCUT2D eigenvalue weighted by Gasteiger charge is -2.36. The van der Waals surface area contributed by atoms with Crippen LogP contribution in [0.15, 0.2) is 30.7 Å². The minimum Gasteiger partial charge on any atom is -0.368 e. The Kier molecular flexibility index (Phi) is 5.40. The van der Waals surface area contributed by atoms with Crippen LogP contribution < -0.4 is 4.90 Å². The quantitative estimate of drug-likeness (QED) is 0.842. The Morgan fingerprint density at radius 2 is 1.96 bits per heavy atom. The predicted molar refractivity (Wildman–Crippen MR) is 100 cm³/mol. The number of hydrogen-bond acceptors (Lipinski definition) is 4. The van der Waals surface area contributed by atoms with Crippen molar-refractivity contribution in [2.75, 3.05) is 31.1 Å². The Morgan fingerprint density at radius 3 is 2.56 bits per heavy atom. The summed E-state index contributed by atoms with van der Waals surface area (Å²) in [7, 11) is 2.04. The van der Waals surface area contributed by atoms with E-state index in [-0.39, 0.29) is 0 Å². The number of nitriles is 1. The topological polar surface area (TPSA) is 48.1 Å². The van der Waals surface area contributed by atoms with Crippen molar-refractivity contribution in [3.8, 4) is 6.07 Å². The van der Waals surface area contributed by atoms with E-state index in [1.54, 1.807) is 0 Å². The van der Waals surface area contributed by atoms with Crippen LogP contribution in [0.25, 0.3) is 0 Å². The van der Waals surface area contributed by atoms with Crippen LogP contribution in [0.1, 0.15) is 30.7 Å². The van der Waals surface area contributed by atoms with E-state index in [9.17, 15) is 5.26 Å². The van der Waals surface area contributed by atoms with Crippen molar-refractivity contribution in [2.24, 2.45) is 13.0 Å². The van der Waals surface area contributed by atoms with Crippen molar-refractivity contribution in [1.82, 2.24) is 14.5 Å². The molecule has 2 heterocycles. The van der Waals surface area contributed by atoms with E-state index in [4.69, 9.17) is 0 Å². The fourth-order valence-corrected chi connectivity index (χ4v) is 3.44. The number of benzene rings is 1. The van der Waals surface area contributed by atoms with Crippen molar-refractivity contribution in [3.05, 3.63) is 47.5 Å². The summed E-state index contributed by atoms with van der Waals surface area (Å²) >= 11 is 0. The fourth-order valence-electron chi connectivity index (χ4n) is 3.44. The summed E-state index contributed by atoms with van der Waals surface area (Å²) in [6.45, 7) is 9.32. The number of nitrogens with zero attached hydrogens (tertiary/aromatic N) is 5. The molecule has 3 rings (SSSR count). The smallest absolute Gasteiger partial charge is 0.101 e. The Labute approximate surface area is 150 Å². The molecule has 1 aromatic heterocycles. The molecule has 0 unspecified atom stereocenters. The molecule has 0 radical (unpaired) electrons. The van der Waals surface area contributed by atoms with Crippen molar-refractivity contribution in [2.45, 2.75) is 26.8 Å². The molecule has 0 N–H and O–H groups in total. The lowest BCUT2D eigenvalue weighted by atomic mass is 10.00. The maximum Gasteiger partial charge on any atom is 0.101 e. The third-order valence-electron chi connectivity index (χ3n) is 4.84. The largest absolute Gasteiger partial charge is 0.368 e. The zero-order chi connectivity index (χ0) is 17.8. The van der Waals surface area contributed by atoms with E-state index < -0.39 is 0 Å². The highest BCUT2D eigenvalue weighted by Crippen LogP contribution is 2.25. The molecule has 5 nitrogen and oxygen atoms in total. The molecule has 0 bridgehead atoms. The molecule has 1 fully saturated rings. The van der Waals surface area contributed by atoms with Crippen LogP contribution in [0, 0.1) is 17.2 Å². The van der Waals surface area contributed by atoms with Gasteiger partial charge in [-0.1, -0.05) is 19.9 Å². The second-order valence-corrected chi connectivity index (χ2v) is 7.32. The zero-order valence-electron chi connectivity index (χ0n) is 15.4. The molecule has 132 valence electrons. The first-order valence-corrected chi connectivity index (χ1v) is 9.02. The fraction of sp³-hybridized carbons (Fsp3) is 0.500. The Balaban J connectivity index is 1.67. The lowest BCUT2D eigenvalue weighted by Crippen LogP contribution is -2.46. The van der Waals surface area contributed by atoms with E-state index in [0.717, 1.165) is 50.4 Å². The summed E-state index contributed by atoms with van der Waals surface area (Å²) in [5.41, 5.74) is 4.44. The molecule has 0 saturated carbocycles. The highest BCUT2D eigenvalue weighted by Gasteiger charge is 2.20. The Morgan fingerprint density at radius 1 is 1.20 bits per heavy atom. The average molecular weight is 337 g/mol. The van der Waals surface area contributed by atoms with Crippen LogP contribution in [0.5, 0.6) is 0 Å². The van der Waals surface area contributed by atoms with Crippen molar-refractivity contribution < 1.29 is 0 Å². The number of aromatic nitrogens is 2. The van der Waals surface area contributed by atoms with Gasteiger partial charge in [-0.3, -0.25) is 4.90 Å². The monoisotopic (exact) mass is 337 g/mol. The van der Waals surface area contributed by atoms with E-state index >= 15 is 0 Å². The van der Waals surface area contributed by atoms with Gasteiger partial charge in [-0.25, -0.2) is 4.98 Å². The molecule has 25 heavy (non-hydrogen) atoms. The number of hydrogen-bond donors (Lipinski definition) is 0. The zero-order valence-corrected chi connectivity index (χ0v) is 15.4. The van der Waals surface area contributed by atoms with Gasteiger partial charge in [0.05, 0.1) is 23.3 Å². The number of aryl methyl sites for hydroxylation is 1. The molecular formula is C20H27N5. The number of rotatable bonds is 5. The highest BCUT2D eigenvalue weighted by atomic mass is 15.3.